The minimum atomic E-state index is -0.200. The molecule has 0 radical (unpaired) electrons. The van der Waals surface area contributed by atoms with Crippen LogP contribution in [0.2, 0.25) is 0 Å². The first kappa shape index (κ1) is 18.3. The molecule has 0 atom stereocenters. The summed E-state index contributed by atoms with van der Waals surface area (Å²) in [6.07, 6.45) is 0. The van der Waals surface area contributed by atoms with E-state index in [-0.39, 0.29) is 5.91 Å². The number of pyridine rings is 1. The predicted octanol–water partition coefficient (Wildman–Crippen LogP) is 4.58. The highest BCUT2D eigenvalue weighted by Crippen LogP contribution is 2.29. The van der Waals surface area contributed by atoms with Crippen molar-refractivity contribution < 1.29 is 4.79 Å². The summed E-state index contributed by atoms with van der Waals surface area (Å²) in [7, 11) is 1.83. The van der Waals surface area contributed by atoms with E-state index in [9.17, 15) is 4.79 Å². The zero-order valence-electron chi connectivity index (χ0n) is 16.5. The second-order valence-electron chi connectivity index (χ2n) is 7.03. The summed E-state index contributed by atoms with van der Waals surface area (Å²) in [6, 6.07) is 8.08. The van der Waals surface area contributed by atoms with E-state index in [1.54, 1.807) is 10.7 Å². The maximum atomic E-state index is 13.0. The summed E-state index contributed by atoms with van der Waals surface area (Å²) >= 11 is 1.42. The van der Waals surface area contributed by atoms with Gasteiger partial charge in [-0.05, 0) is 45.4 Å². The number of rotatable bonds is 3. The van der Waals surface area contributed by atoms with Gasteiger partial charge in [-0.2, -0.15) is 5.10 Å². The van der Waals surface area contributed by atoms with E-state index < -0.39 is 0 Å². The fourth-order valence-corrected chi connectivity index (χ4v) is 4.09. The third-order valence-corrected chi connectivity index (χ3v) is 5.49. The highest BCUT2D eigenvalue weighted by Gasteiger charge is 2.19. The number of nitrogens with one attached hydrogen (secondary N) is 1. The Morgan fingerprint density at radius 1 is 1.11 bits per heavy atom. The Balaban J connectivity index is 1.68. The number of carbonyl (C=O) groups excluding carboxylic acids is 1. The lowest BCUT2D eigenvalue weighted by Crippen LogP contribution is -2.13. The van der Waals surface area contributed by atoms with E-state index in [4.69, 9.17) is 0 Å². The topological polar surface area (TPSA) is 72.7 Å². The van der Waals surface area contributed by atoms with Crippen LogP contribution in [0.25, 0.3) is 22.3 Å². The van der Waals surface area contributed by atoms with Crippen LogP contribution in [0.4, 0.5) is 5.13 Å². The largest absolute Gasteiger partial charge is 0.298 e. The Hall–Kier alpha value is -3.06. The molecular weight excluding hydrogens is 370 g/mol. The number of anilines is 1. The first-order chi connectivity index (χ1) is 13.3. The Labute approximate surface area is 167 Å². The van der Waals surface area contributed by atoms with Crippen LogP contribution in [0.5, 0.6) is 0 Å². The highest BCUT2D eigenvalue weighted by atomic mass is 32.1. The van der Waals surface area contributed by atoms with Gasteiger partial charge < -0.3 is 0 Å². The third-order valence-electron chi connectivity index (χ3n) is 4.74. The number of amides is 1. The number of benzene rings is 1. The van der Waals surface area contributed by atoms with Crippen LogP contribution in [0.3, 0.4) is 0 Å². The molecule has 6 nitrogen and oxygen atoms in total. The lowest BCUT2D eigenvalue weighted by Gasteiger charge is -2.06. The van der Waals surface area contributed by atoms with Crippen molar-refractivity contribution in [2.45, 2.75) is 27.7 Å². The van der Waals surface area contributed by atoms with E-state index >= 15 is 0 Å². The first-order valence-electron chi connectivity index (χ1n) is 8.99. The van der Waals surface area contributed by atoms with Gasteiger partial charge in [0.25, 0.3) is 5.91 Å². The van der Waals surface area contributed by atoms with Gasteiger partial charge >= 0.3 is 0 Å². The lowest BCUT2D eigenvalue weighted by atomic mass is 10.0. The molecule has 4 rings (SSSR count). The molecule has 0 unspecified atom stereocenters. The molecule has 0 spiro atoms. The van der Waals surface area contributed by atoms with Crippen molar-refractivity contribution in [1.82, 2.24) is 19.7 Å². The van der Waals surface area contributed by atoms with Crippen molar-refractivity contribution in [1.29, 1.82) is 0 Å². The molecule has 0 saturated carbocycles. The van der Waals surface area contributed by atoms with Crippen molar-refractivity contribution in [3.63, 3.8) is 0 Å². The van der Waals surface area contributed by atoms with Gasteiger partial charge in [0.15, 0.2) is 10.8 Å². The third kappa shape index (κ3) is 3.18. The quantitative estimate of drug-likeness (QED) is 0.555. The minimum absolute atomic E-state index is 0.200. The van der Waals surface area contributed by atoms with Crippen molar-refractivity contribution in [2.24, 2.45) is 7.05 Å². The molecular formula is C21H21N5OS. The molecule has 4 aromatic rings. The average molecular weight is 392 g/mol. The van der Waals surface area contributed by atoms with E-state index in [1.807, 2.05) is 26.3 Å². The van der Waals surface area contributed by atoms with Gasteiger partial charge in [-0.1, -0.05) is 17.7 Å². The summed E-state index contributed by atoms with van der Waals surface area (Å²) in [5, 5.41) is 10.7. The van der Waals surface area contributed by atoms with Crippen molar-refractivity contribution >= 4 is 33.4 Å². The average Bonchev–Trinajstić information content (AvgIpc) is 3.21. The molecule has 3 aromatic heterocycles. The molecule has 7 heteroatoms. The Morgan fingerprint density at radius 3 is 2.68 bits per heavy atom. The Morgan fingerprint density at radius 2 is 1.89 bits per heavy atom. The van der Waals surface area contributed by atoms with Crippen LogP contribution in [-0.2, 0) is 7.05 Å². The molecule has 0 aliphatic rings. The van der Waals surface area contributed by atoms with Gasteiger partial charge in [0.1, 0.15) is 0 Å². The number of fused-ring (bicyclic) bond motifs is 1. The van der Waals surface area contributed by atoms with Gasteiger partial charge in [-0.15, -0.1) is 11.3 Å². The molecule has 1 aromatic carbocycles. The van der Waals surface area contributed by atoms with Crippen LogP contribution in [-0.4, -0.2) is 25.7 Å². The molecule has 0 fully saturated rings. The monoisotopic (exact) mass is 391 g/mol. The molecule has 0 aliphatic carbocycles. The molecule has 3 heterocycles. The maximum Gasteiger partial charge on any atom is 0.258 e. The van der Waals surface area contributed by atoms with Gasteiger partial charge in [0.2, 0.25) is 0 Å². The smallest absolute Gasteiger partial charge is 0.258 e. The van der Waals surface area contributed by atoms with E-state index in [1.165, 1.54) is 16.9 Å². The van der Waals surface area contributed by atoms with E-state index in [0.717, 1.165) is 33.6 Å². The first-order valence-corrected chi connectivity index (χ1v) is 9.87. The number of carbonyl (C=O) groups is 1. The second-order valence-corrected chi connectivity index (χ2v) is 7.89. The second kappa shape index (κ2) is 6.83. The lowest BCUT2D eigenvalue weighted by molar-refractivity contribution is 0.102. The number of hydrogen-bond acceptors (Lipinski definition) is 5. The van der Waals surface area contributed by atoms with Gasteiger partial charge in [0.05, 0.1) is 22.3 Å². The van der Waals surface area contributed by atoms with Crippen LogP contribution in [0, 0.1) is 27.7 Å². The summed E-state index contributed by atoms with van der Waals surface area (Å²) < 4.78 is 1.70. The van der Waals surface area contributed by atoms with Crippen LogP contribution >= 0.6 is 11.3 Å². The zero-order valence-corrected chi connectivity index (χ0v) is 17.3. The number of nitrogens with zero attached hydrogens (tertiary/aromatic N) is 4. The summed E-state index contributed by atoms with van der Waals surface area (Å²) in [5.41, 5.74) is 7.12. The van der Waals surface area contributed by atoms with Gasteiger partial charge in [-0.25, -0.2) is 9.97 Å². The summed E-state index contributed by atoms with van der Waals surface area (Å²) in [6.45, 7) is 7.89. The van der Waals surface area contributed by atoms with Crippen molar-refractivity contribution in [2.75, 3.05) is 5.32 Å². The number of aromatic nitrogens is 4. The molecule has 1 N–H and O–H groups in total. The highest BCUT2D eigenvalue weighted by molar-refractivity contribution is 7.14. The predicted molar refractivity (Wildman–Crippen MR) is 113 cm³/mol. The summed E-state index contributed by atoms with van der Waals surface area (Å²) in [5.74, 6) is -0.200. The number of hydrogen-bond donors (Lipinski definition) is 1. The molecule has 28 heavy (non-hydrogen) atoms. The maximum absolute atomic E-state index is 13.0. The van der Waals surface area contributed by atoms with Crippen molar-refractivity contribution in [3.05, 3.63) is 57.7 Å². The van der Waals surface area contributed by atoms with E-state index in [0.29, 0.717) is 16.3 Å². The van der Waals surface area contributed by atoms with Gasteiger partial charge in [0, 0.05) is 23.7 Å². The standard InChI is InChI=1S/C21H21N5OS/c1-11-6-7-12(2)15(8-11)17-10-28-21(23-17)24-20(27)16-9-13(3)22-19-18(16)14(4)25-26(19)5/h6-10H,1-5H3,(H,23,24,27). The molecule has 0 aliphatic heterocycles. The van der Waals surface area contributed by atoms with Crippen molar-refractivity contribution in [3.8, 4) is 11.3 Å². The Kier molecular flexibility index (Phi) is 4.47. The zero-order chi connectivity index (χ0) is 20.0. The number of thiazole rings is 1. The van der Waals surface area contributed by atoms with Gasteiger partial charge in [-0.3, -0.25) is 14.8 Å². The van der Waals surface area contributed by atoms with E-state index in [2.05, 4.69) is 52.4 Å². The van der Waals surface area contributed by atoms with Crippen LogP contribution in [0.15, 0.2) is 29.6 Å². The minimum Gasteiger partial charge on any atom is -0.298 e. The molecule has 142 valence electrons. The fourth-order valence-electron chi connectivity index (χ4n) is 3.38. The Bertz CT molecular complexity index is 1220. The molecule has 0 saturated heterocycles. The number of aryl methyl sites for hydroxylation is 5. The fraction of sp³-hybridized carbons (Fsp3) is 0.238. The SMILES string of the molecule is Cc1ccc(C)c(-c2csc(NC(=O)c3cc(C)nc4c3c(C)nn4C)n2)c1. The normalized spacial score (nSPS) is 11.2. The summed E-state index contributed by atoms with van der Waals surface area (Å²) in [4.78, 5) is 22.1. The van der Waals surface area contributed by atoms with Crippen LogP contribution in [0.1, 0.15) is 32.9 Å². The molecule has 1 amide bonds. The molecule has 0 bridgehead atoms. The van der Waals surface area contributed by atoms with Crippen LogP contribution < -0.4 is 5.32 Å².